The Morgan fingerprint density at radius 2 is 1.55 bits per heavy atom. The fraction of sp³-hybridized carbons (Fsp3) is 0.120. The highest BCUT2D eigenvalue weighted by Gasteiger charge is 2.26. The molecule has 4 heteroatoms. The normalized spacial score (nSPS) is 11.1. The lowest BCUT2D eigenvalue weighted by atomic mass is 9.96. The summed E-state index contributed by atoms with van der Waals surface area (Å²) < 4.78 is 28.4. The zero-order valence-electron chi connectivity index (χ0n) is 16.8. The maximum Gasteiger partial charge on any atom is 0.264 e. The molecule has 29 heavy (non-hydrogen) atoms. The summed E-state index contributed by atoms with van der Waals surface area (Å²) in [6.45, 7) is 12.1. The minimum Gasteiger partial charge on any atom is -0.262 e. The van der Waals surface area contributed by atoms with Gasteiger partial charge in [0.15, 0.2) is 0 Å². The third-order valence-electron chi connectivity index (χ3n) is 4.77. The van der Waals surface area contributed by atoms with Gasteiger partial charge in [0.1, 0.15) is 0 Å². The van der Waals surface area contributed by atoms with E-state index in [-0.39, 0.29) is 11.4 Å². The van der Waals surface area contributed by atoms with Gasteiger partial charge in [0.25, 0.3) is 10.0 Å². The highest BCUT2D eigenvalue weighted by Crippen LogP contribution is 2.34. The van der Waals surface area contributed by atoms with E-state index in [1.54, 1.807) is 30.3 Å². The lowest BCUT2D eigenvalue weighted by molar-refractivity contribution is 0.593. The van der Waals surface area contributed by atoms with Crippen LogP contribution in [0.25, 0.3) is 5.57 Å². The van der Waals surface area contributed by atoms with Crippen LogP contribution in [0.2, 0.25) is 0 Å². The molecule has 0 atom stereocenters. The van der Waals surface area contributed by atoms with Crippen molar-refractivity contribution in [3.05, 3.63) is 114 Å². The highest BCUT2D eigenvalue weighted by molar-refractivity contribution is 7.92. The molecule has 0 aliphatic carbocycles. The number of benzene rings is 3. The molecule has 148 valence electrons. The second kappa shape index (κ2) is 8.50. The molecule has 0 saturated heterocycles. The van der Waals surface area contributed by atoms with Gasteiger partial charge in [-0.05, 0) is 49.2 Å². The predicted molar refractivity (Wildman–Crippen MR) is 122 cm³/mol. The van der Waals surface area contributed by atoms with Crippen LogP contribution >= 0.6 is 0 Å². The summed E-state index contributed by atoms with van der Waals surface area (Å²) >= 11 is 0. The molecule has 0 fully saturated rings. The van der Waals surface area contributed by atoms with Gasteiger partial charge in [-0.3, -0.25) is 4.31 Å². The monoisotopic (exact) mass is 403 g/mol. The minimum absolute atomic E-state index is 0.161. The van der Waals surface area contributed by atoms with E-state index in [9.17, 15) is 8.42 Å². The van der Waals surface area contributed by atoms with Crippen LogP contribution in [0.1, 0.15) is 22.3 Å². The van der Waals surface area contributed by atoms with E-state index < -0.39 is 10.0 Å². The predicted octanol–water partition coefficient (Wildman–Crippen LogP) is 5.75. The highest BCUT2D eigenvalue weighted by atomic mass is 32.2. The number of hydrogen-bond acceptors (Lipinski definition) is 2. The zero-order chi connectivity index (χ0) is 21.0. The van der Waals surface area contributed by atoms with Crippen molar-refractivity contribution in [2.75, 3.05) is 10.8 Å². The van der Waals surface area contributed by atoms with Gasteiger partial charge in [0.2, 0.25) is 0 Å². The van der Waals surface area contributed by atoms with E-state index >= 15 is 0 Å². The minimum atomic E-state index is -3.76. The number of nitrogens with zero attached hydrogens (tertiary/aromatic N) is 1. The SMILES string of the molecule is C=CCN(c1ccc(C)cc1C(=C)c1ccccc1)S(=O)(=O)c1ccc(C)cc1. The molecule has 0 heterocycles. The van der Waals surface area contributed by atoms with Crippen LogP contribution < -0.4 is 4.31 Å². The first-order valence-electron chi connectivity index (χ1n) is 9.40. The van der Waals surface area contributed by atoms with Gasteiger partial charge < -0.3 is 0 Å². The average Bonchev–Trinajstić information content (AvgIpc) is 2.72. The maximum absolute atomic E-state index is 13.5. The van der Waals surface area contributed by atoms with Gasteiger partial charge in [-0.15, -0.1) is 6.58 Å². The quantitative estimate of drug-likeness (QED) is 0.471. The van der Waals surface area contributed by atoms with Crippen LogP contribution in [0.3, 0.4) is 0 Å². The van der Waals surface area contributed by atoms with Gasteiger partial charge in [-0.2, -0.15) is 0 Å². The molecule has 3 aromatic rings. The zero-order valence-corrected chi connectivity index (χ0v) is 17.6. The number of aryl methyl sites for hydroxylation is 2. The molecule has 0 saturated carbocycles. The second-order valence-electron chi connectivity index (χ2n) is 7.00. The van der Waals surface area contributed by atoms with Gasteiger partial charge in [0.05, 0.1) is 17.1 Å². The largest absolute Gasteiger partial charge is 0.264 e. The molecule has 3 aromatic carbocycles. The number of rotatable bonds is 7. The number of hydrogen-bond donors (Lipinski definition) is 0. The lowest BCUT2D eigenvalue weighted by Gasteiger charge is -2.26. The Labute approximate surface area is 173 Å². The first-order valence-corrected chi connectivity index (χ1v) is 10.8. The molecule has 0 radical (unpaired) electrons. The van der Waals surface area contributed by atoms with Crippen molar-refractivity contribution in [2.24, 2.45) is 0 Å². The third kappa shape index (κ3) is 4.33. The maximum atomic E-state index is 13.5. The summed E-state index contributed by atoms with van der Waals surface area (Å²) in [4.78, 5) is 0.252. The summed E-state index contributed by atoms with van der Waals surface area (Å²) in [6.07, 6.45) is 1.60. The summed E-state index contributed by atoms with van der Waals surface area (Å²) in [5.41, 5.74) is 5.14. The Bertz CT molecular complexity index is 1130. The summed E-state index contributed by atoms with van der Waals surface area (Å²) in [7, 11) is -3.76. The van der Waals surface area contributed by atoms with Crippen molar-refractivity contribution in [1.29, 1.82) is 0 Å². The Kier molecular flexibility index (Phi) is 6.04. The van der Waals surface area contributed by atoms with Crippen LogP contribution in [-0.2, 0) is 10.0 Å². The van der Waals surface area contributed by atoms with Crippen LogP contribution in [0.4, 0.5) is 5.69 Å². The molecule has 0 aliphatic rings. The van der Waals surface area contributed by atoms with Crippen LogP contribution in [0, 0.1) is 13.8 Å². The molecule has 0 aromatic heterocycles. The van der Waals surface area contributed by atoms with E-state index in [4.69, 9.17) is 0 Å². The number of sulfonamides is 1. The van der Waals surface area contributed by atoms with E-state index in [2.05, 4.69) is 13.2 Å². The standard InChI is InChI=1S/C25H25NO2S/c1-5-17-26(29(27,28)23-14-11-19(2)12-15-23)25-16-13-20(3)18-24(25)21(4)22-9-7-6-8-10-22/h5-16,18H,1,4,17H2,2-3H3. The Morgan fingerprint density at radius 3 is 2.17 bits per heavy atom. The molecule has 0 N–H and O–H groups in total. The first-order chi connectivity index (χ1) is 13.8. The van der Waals surface area contributed by atoms with E-state index in [1.165, 1.54) is 4.31 Å². The molecule has 3 nitrogen and oxygen atoms in total. The van der Waals surface area contributed by atoms with Gasteiger partial charge in [0, 0.05) is 5.56 Å². The smallest absolute Gasteiger partial charge is 0.262 e. The summed E-state index contributed by atoms with van der Waals surface area (Å²) in [5, 5.41) is 0. The first kappa shape index (κ1) is 20.6. The van der Waals surface area contributed by atoms with E-state index in [0.29, 0.717) is 5.69 Å². The Hall–Kier alpha value is -3.11. The lowest BCUT2D eigenvalue weighted by Crippen LogP contribution is -2.32. The van der Waals surface area contributed by atoms with Crippen molar-refractivity contribution < 1.29 is 8.42 Å². The fourth-order valence-corrected chi connectivity index (χ4v) is 4.64. The molecular weight excluding hydrogens is 378 g/mol. The molecule has 0 unspecified atom stereocenters. The summed E-state index contributed by atoms with van der Waals surface area (Å²) in [5.74, 6) is 0. The Morgan fingerprint density at radius 1 is 0.931 bits per heavy atom. The van der Waals surface area contributed by atoms with E-state index in [0.717, 1.165) is 27.8 Å². The average molecular weight is 404 g/mol. The topological polar surface area (TPSA) is 37.4 Å². The van der Waals surface area contributed by atoms with Crippen molar-refractivity contribution in [1.82, 2.24) is 0 Å². The molecule has 0 spiro atoms. The third-order valence-corrected chi connectivity index (χ3v) is 6.57. The number of anilines is 1. The molecular formula is C25H25NO2S. The molecule has 3 rings (SSSR count). The Balaban J connectivity index is 2.17. The van der Waals surface area contributed by atoms with Crippen LogP contribution in [0.5, 0.6) is 0 Å². The van der Waals surface area contributed by atoms with Gasteiger partial charge in [-0.1, -0.05) is 72.3 Å². The van der Waals surface area contributed by atoms with Crippen molar-refractivity contribution in [2.45, 2.75) is 18.7 Å². The van der Waals surface area contributed by atoms with Crippen LogP contribution in [0.15, 0.2) is 96.9 Å². The molecule has 0 amide bonds. The van der Waals surface area contributed by atoms with E-state index in [1.807, 2.05) is 62.4 Å². The molecule has 0 aliphatic heterocycles. The summed E-state index contributed by atoms with van der Waals surface area (Å²) in [6, 6.07) is 22.4. The van der Waals surface area contributed by atoms with Crippen LogP contribution in [-0.4, -0.2) is 15.0 Å². The molecule has 0 bridgehead atoms. The van der Waals surface area contributed by atoms with Gasteiger partial charge in [-0.25, -0.2) is 8.42 Å². The second-order valence-corrected chi connectivity index (χ2v) is 8.87. The van der Waals surface area contributed by atoms with Crippen molar-refractivity contribution in [3.8, 4) is 0 Å². The van der Waals surface area contributed by atoms with Gasteiger partial charge >= 0.3 is 0 Å². The van der Waals surface area contributed by atoms with Crippen molar-refractivity contribution >= 4 is 21.3 Å². The fourth-order valence-electron chi connectivity index (χ4n) is 3.18. The van der Waals surface area contributed by atoms with Crippen molar-refractivity contribution in [3.63, 3.8) is 0 Å².